The molecule has 21 heavy (non-hydrogen) atoms. The van der Waals surface area contributed by atoms with E-state index in [0.717, 1.165) is 23.5 Å². The smallest absolute Gasteiger partial charge is 0.221 e. The van der Waals surface area contributed by atoms with Crippen molar-refractivity contribution in [3.05, 3.63) is 72.6 Å². The van der Waals surface area contributed by atoms with Crippen molar-refractivity contribution in [2.24, 2.45) is 0 Å². The van der Waals surface area contributed by atoms with Crippen LogP contribution in [-0.2, 0) is 11.3 Å². The molecule has 1 N–H and O–H groups in total. The maximum Gasteiger partial charge on any atom is 0.221 e. The highest BCUT2D eigenvalue weighted by atomic mass is 16.1. The van der Waals surface area contributed by atoms with E-state index < -0.39 is 0 Å². The van der Waals surface area contributed by atoms with Crippen LogP contribution in [0.15, 0.2) is 61.3 Å². The second-order valence-electron chi connectivity index (χ2n) is 4.70. The molecule has 0 saturated heterocycles. The molecule has 0 bridgehead atoms. The van der Waals surface area contributed by atoms with Crippen LogP contribution in [0.25, 0.3) is 12.2 Å². The lowest BCUT2D eigenvalue weighted by Crippen LogP contribution is -2.35. The van der Waals surface area contributed by atoms with E-state index in [-0.39, 0.29) is 5.91 Å². The number of nitrogens with zero attached hydrogens (tertiary/aromatic N) is 1. The summed E-state index contributed by atoms with van der Waals surface area (Å²) in [5.74, 6) is -0.0620. The number of nitrogens with one attached hydrogen (secondary N) is 1. The number of rotatable bonds is 5. The topological polar surface area (TPSA) is 33.0 Å². The second-order valence-corrected chi connectivity index (χ2v) is 4.70. The summed E-state index contributed by atoms with van der Waals surface area (Å²) in [5, 5.41) is 2.75. The van der Waals surface area contributed by atoms with Crippen LogP contribution in [0.3, 0.4) is 0 Å². The zero-order chi connectivity index (χ0) is 15.1. The molecule has 1 aromatic carbocycles. The van der Waals surface area contributed by atoms with Gasteiger partial charge < -0.3 is 5.32 Å². The number of hydrogen-bond donors (Lipinski definition) is 1. The van der Waals surface area contributed by atoms with Gasteiger partial charge in [0, 0.05) is 30.8 Å². The fourth-order valence-electron chi connectivity index (χ4n) is 2.01. The molecule has 0 saturated carbocycles. The molecule has 0 spiro atoms. The summed E-state index contributed by atoms with van der Waals surface area (Å²) in [6, 6.07) is 13.8. The molecule has 0 unspecified atom stereocenters. The van der Waals surface area contributed by atoms with E-state index >= 15 is 0 Å². The molecule has 0 aliphatic carbocycles. The quantitative estimate of drug-likeness (QED) is 0.661. The lowest BCUT2D eigenvalue weighted by atomic mass is 10.1. The summed E-state index contributed by atoms with van der Waals surface area (Å²) in [5.41, 5.74) is 3.00. The van der Waals surface area contributed by atoms with Crippen LogP contribution in [0.4, 0.5) is 5.69 Å². The van der Waals surface area contributed by atoms with E-state index in [1.54, 1.807) is 0 Å². The molecular formula is C18H19N2O+. The zero-order valence-electron chi connectivity index (χ0n) is 12.1. The van der Waals surface area contributed by atoms with Crippen molar-refractivity contribution in [3.8, 4) is 0 Å². The first-order valence-electron chi connectivity index (χ1n) is 6.84. The Bertz CT molecular complexity index is 657. The Morgan fingerprint density at radius 1 is 1.19 bits per heavy atom. The number of aromatic nitrogens is 1. The lowest BCUT2D eigenvalue weighted by Gasteiger charge is -2.01. The van der Waals surface area contributed by atoms with E-state index in [2.05, 4.69) is 28.6 Å². The minimum absolute atomic E-state index is 0.0620. The average molecular weight is 279 g/mol. The third kappa shape index (κ3) is 4.42. The van der Waals surface area contributed by atoms with Gasteiger partial charge in [0.25, 0.3) is 0 Å². The Hall–Kier alpha value is -2.68. The molecule has 0 aliphatic rings. The van der Waals surface area contributed by atoms with Gasteiger partial charge >= 0.3 is 0 Å². The van der Waals surface area contributed by atoms with Crippen molar-refractivity contribution >= 4 is 23.7 Å². The molecule has 2 aromatic rings. The predicted molar refractivity (Wildman–Crippen MR) is 86.5 cm³/mol. The summed E-state index contributed by atoms with van der Waals surface area (Å²) in [6.45, 7) is 6.05. The third-order valence-corrected chi connectivity index (χ3v) is 2.98. The number of allylic oxidation sites excluding steroid dienone is 1. The normalized spacial score (nSPS) is 10.5. The Morgan fingerprint density at radius 3 is 2.62 bits per heavy atom. The Morgan fingerprint density at radius 2 is 1.95 bits per heavy atom. The molecule has 0 atom stereocenters. The van der Waals surface area contributed by atoms with Crippen LogP contribution in [0.1, 0.15) is 18.2 Å². The number of carbonyl (C=O) groups excluding carboxylic acids is 1. The van der Waals surface area contributed by atoms with Crippen molar-refractivity contribution in [3.63, 3.8) is 0 Å². The zero-order valence-corrected chi connectivity index (χ0v) is 12.1. The minimum atomic E-state index is -0.0620. The first-order valence-corrected chi connectivity index (χ1v) is 6.84. The number of hydrogen-bond acceptors (Lipinski definition) is 1. The average Bonchev–Trinajstić information content (AvgIpc) is 2.48. The fourth-order valence-corrected chi connectivity index (χ4v) is 2.01. The van der Waals surface area contributed by atoms with Crippen molar-refractivity contribution in [2.45, 2.75) is 13.5 Å². The van der Waals surface area contributed by atoms with Crippen LogP contribution in [0.2, 0.25) is 0 Å². The largest absolute Gasteiger partial charge is 0.326 e. The maximum absolute atomic E-state index is 11.0. The Balaban J connectivity index is 2.14. The van der Waals surface area contributed by atoms with Gasteiger partial charge in [0.05, 0.1) is 0 Å². The number of amides is 1. The standard InChI is InChI=1S/C18H18N2O/c1-3-13-20-14-5-4-6-18(20)12-9-16-7-10-17(11-8-16)19-15(2)21/h3-12,14H,1,13H2,2H3/p+1. The molecule has 1 amide bonds. The molecule has 0 radical (unpaired) electrons. The van der Waals surface area contributed by atoms with Crippen molar-refractivity contribution < 1.29 is 9.36 Å². The number of anilines is 1. The highest BCUT2D eigenvalue weighted by Crippen LogP contribution is 2.11. The van der Waals surface area contributed by atoms with Gasteiger partial charge in [0.15, 0.2) is 12.7 Å². The molecule has 2 rings (SSSR count). The van der Waals surface area contributed by atoms with Crippen LogP contribution in [0.5, 0.6) is 0 Å². The highest BCUT2D eigenvalue weighted by Gasteiger charge is 2.03. The molecular weight excluding hydrogens is 260 g/mol. The highest BCUT2D eigenvalue weighted by molar-refractivity contribution is 5.88. The van der Waals surface area contributed by atoms with Gasteiger partial charge in [-0.3, -0.25) is 4.79 Å². The number of benzene rings is 1. The maximum atomic E-state index is 11.0. The van der Waals surface area contributed by atoms with Gasteiger partial charge in [-0.2, -0.15) is 4.57 Å². The monoisotopic (exact) mass is 279 g/mol. The summed E-state index contributed by atoms with van der Waals surface area (Å²) in [7, 11) is 0. The van der Waals surface area contributed by atoms with Crippen LogP contribution < -0.4 is 9.88 Å². The third-order valence-electron chi connectivity index (χ3n) is 2.98. The number of pyridine rings is 1. The van der Waals surface area contributed by atoms with E-state index in [4.69, 9.17) is 0 Å². The summed E-state index contributed by atoms with van der Waals surface area (Å²) >= 11 is 0. The molecule has 0 fully saturated rings. The van der Waals surface area contributed by atoms with E-state index in [9.17, 15) is 4.79 Å². The van der Waals surface area contributed by atoms with Gasteiger partial charge in [-0.15, -0.1) is 0 Å². The molecule has 1 heterocycles. The fraction of sp³-hybridized carbons (Fsp3) is 0.111. The Kier molecular flexibility index (Phi) is 5.04. The van der Waals surface area contributed by atoms with Gasteiger partial charge in [-0.25, -0.2) is 0 Å². The number of carbonyl (C=O) groups is 1. The summed E-state index contributed by atoms with van der Waals surface area (Å²) in [4.78, 5) is 11.0. The lowest BCUT2D eigenvalue weighted by molar-refractivity contribution is -0.688. The van der Waals surface area contributed by atoms with Crippen LogP contribution in [0, 0.1) is 0 Å². The predicted octanol–water partition coefficient (Wildman–Crippen LogP) is 3.29. The van der Waals surface area contributed by atoms with Crippen molar-refractivity contribution in [1.29, 1.82) is 0 Å². The van der Waals surface area contributed by atoms with Gasteiger partial charge in [0.2, 0.25) is 11.6 Å². The van der Waals surface area contributed by atoms with Gasteiger partial charge in [-0.1, -0.05) is 18.7 Å². The summed E-state index contributed by atoms with van der Waals surface area (Å²) < 4.78 is 2.12. The van der Waals surface area contributed by atoms with E-state index in [1.807, 2.05) is 54.7 Å². The molecule has 106 valence electrons. The van der Waals surface area contributed by atoms with E-state index in [0.29, 0.717) is 0 Å². The molecule has 0 aliphatic heterocycles. The molecule has 3 nitrogen and oxygen atoms in total. The van der Waals surface area contributed by atoms with Crippen LogP contribution >= 0.6 is 0 Å². The second kappa shape index (κ2) is 7.20. The Labute approximate surface area is 125 Å². The van der Waals surface area contributed by atoms with Gasteiger partial charge in [0.1, 0.15) is 0 Å². The molecule has 1 aromatic heterocycles. The van der Waals surface area contributed by atoms with Crippen molar-refractivity contribution in [2.75, 3.05) is 5.32 Å². The SMILES string of the molecule is C=CC[n+]1ccccc1/C=C/c1ccc(NC(C)=O)cc1. The summed E-state index contributed by atoms with van der Waals surface area (Å²) in [6.07, 6.45) is 8.02. The first kappa shape index (κ1) is 14.7. The first-order chi connectivity index (χ1) is 10.2. The minimum Gasteiger partial charge on any atom is -0.326 e. The van der Waals surface area contributed by atoms with Gasteiger partial charge in [-0.05, 0) is 35.9 Å². The van der Waals surface area contributed by atoms with Crippen LogP contribution in [-0.4, -0.2) is 5.91 Å². The van der Waals surface area contributed by atoms with Crippen molar-refractivity contribution in [1.82, 2.24) is 0 Å². The van der Waals surface area contributed by atoms with E-state index in [1.165, 1.54) is 6.92 Å². The molecule has 3 heteroatoms.